The first-order valence-electron chi connectivity index (χ1n) is 4.19. The Labute approximate surface area is 98.6 Å². The van der Waals surface area contributed by atoms with E-state index in [1.165, 1.54) is 0 Å². The molecule has 0 aromatic heterocycles. The molecule has 0 radical (unpaired) electrons. The highest BCUT2D eigenvalue weighted by Gasteiger charge is 2.14. The van der Waals surface area contributed by atoms with Crippen LogP contribution in [0.15, 0.2) is 33.6 Å². The summed E-state index contributed by atoms with van der Waals surface area (Å²) in [4.78, 5) is 11.3. The van der Waals surface area contributed by atoms with E-state index in [4.69, 9.17) is 11.5 Å². The maximum atomic E-state index is 11.7. The molecule has 0 saturated carbocycles. The zero-order valence-corrected chi connectivity index (χ0v) is 10.3. The summed E-state index contributed by atoms with van der Waals surface area (Å²) in [5.41, 5.74) is 10.4. The van der Waals surface area contributed by atoms with E-state index in [0.29, 0.717) is 4.90 Å². The molecule has 0 aliphatic carbocycles. The minimum atomic E-state index is -1.30. The van der Waals surface area contributed by atoms with E-state index >= 15 is 0 Å². The number of halogens is 1. The minimum absolute atomic E-state index is 0.0474. The van der Waals surface area contributed by atoms with E-state index in [0.717, 1.165) is 4.47 Å². The second-order valence-corrected chi connectivity index (χ2v) is 5.39. The standard InChI is InChI=1S/C9H11BrN2O2S/c10-6-2-1-3-7(4-6)15(14)5-8(11)9(12)13/h1-4,8H,5,11H2,(H2,12,13). The number of hydrogen-bond donors (Lipinski definition) is 2. The summed E-state index contributed by atoms with van der Waals surface area (Å²) in [6.45, 7) is 0. The van der Waals surface area contributed by atoms with Gasteiger partial charge in [0.1, 0.15) is 0 Å². The number of amides is 1. The average Bonchev–Trinajstić information content (AvgIpc) is 2.17. The van der Waals surface area contributed by atoms with Gasteiger partial charge in [-0.05, 0) is 18.2 Å². The highest BCUT2D eigenvalue weighted by molar-refractivity contribution is 9.10. The summed E-state index contributed by atoms with van der Waals surface area (Å²) in [5, 5.41) is 0. The smallest absolute Gasteiger partial charge is 0.235 e. The first-order valence-corrected chi connectivity index (χ1v) is 6.30. The van der Waals surface area contributed by atoms with Gasteiger partial charge in [-0.15, -0.1) is 0 Å². The molecular weight excluding hydrogens is 280 g/mol. The maximum absolute atomic E-state index is 11.7. The molecule has 2 unspecified atom stereocenters. The monoisotopic (exact) mass is 290 g/mol. The van der Waals surface area contributed by atoms with E-state index in [1.54, 1.807) is 18.2 Å². The van der Waals surface area contributed by atoms with Gasteiger partial charge in [-0.25, -0.2) is 0 Å². The Morgan fingerprint density at radius 2 is 2.20 bits per heavy atom. The fraction of sp³-hybridized carbons (Fsp3) is 0.222. The second-order valence-electron chi connectivity index (χ2n) is 2.98. The number of rotatable bonds is 4. The van der Waals surface area contributed by atoms with Gasteiger partial charge in [0.25, 0.3) is 0 Å². The van der Waals surface area contributed by atoms with E-state index < -0.39 is 22.7 Å². The molecule has 0 spiro atoms. The molecule has 15 heavy (non-hydrogen) atoms. The molecular formula is C9H11BrN2O2S. The molecule has 0 saturated heterocycles. The number of primary amides is 1. The van der Waals surface area contributed by atoms with Crippen LogP contribution in [0.2, 0.25) is 0 Å². The van der Waals surface area contributed by atoms with Crippen LogP contribution in [0.4, 0.5) is 0 Å². The predicted octanol–water partition coefficient (Wildman–Crippen LogP) is 0.369. The van der Waals surface area contributed by atoms with Gasteiger partial charge < -0.3 is 11.5 Å². The van der Waals surface area contributed by atoms with Crippen molar-refractivity contribution < 1.29 is 9.00 Å². The molecule has 4 nitrogen and oxygen atoms in total. The number of nitrogens with two attached hydrogens (primary N) is 2. The lowest BCUT2D eigenvalue weighted by Gasteiger charge is -2.07. The van der Waals surface area contributed by atoms with E-state index in [9.17, 15) is 9.00 Å². The van der Waals surface area contributed by atoms with Crippen molar-refractivity contribution >= 4 is 32.6 Å². The third-order valence-electron chi connectivity index (χ3n) is 1.76. The van der Waals surface area contributed by atoms with Crippen molar-refractivity contribution in [1.82, 2.24) is 0 Å². The zero-order valence-electron chi connectivity index (χ0n) is 7.85. The Bertz CT molecular complexity index is 397. The molecule has 1 aromatic carbocycles. The SMILES string of the molecule is NC(=O)C(N)CS(=O)c1cccc(Br)c1. The summed E-state index contributed by atoms with van der Waals surface area (Å²) in [7, 11) is -1.30. The average molecular weight is 291 g/mol. The quantitative estimate of drug-likeness (QED) is 0.840. The molecule has 0 heterocycles. The lowest BCUT2D eigenvalue weighted by molar-refractivity contribution is -0.118. The Kier molecular flexibility index (Phi) is 4.44. The third kappa shape index (κ3) is 3.73. The van der Waals surface area contributed by atoms with Crippen LogP contribution in [0.1, 0.15) is 0 Å². The molecule has 2 atom stereocenters. The summed E-state index contributed by atoms with van der Waals surface area (Å²) in [6.07, 6.45) is 0. The van der Waals surface area contributed by atoms with Crippen LogP contribution >= 0.6 is 15.9 Å². The van der Waals surface area contributed by atoms with Gasteiger partial charge in [-0.3, -0.25) is 9.00 Å². The van der Waals surface area contributed by atoms with Crippen LogP contribution in [0.3, 0.4) is 0 Å². The zero-order chi connectivity index (χ0) is 11.4. The number of benzene rings is 1. The van der Waals surface area contributed by atoms with Crippen molar-refractivity contribution in [3.05, 3.63) is 28.7 Å². The van der Waals surface area contributed by atoms with Gasteiger partial charge in [-0.1, -0.05) is 22.0 Å². The normalized spacial score (nSPS) is 14.5. The van der Waals surface area contributed by atoms with Crippen molar-refractivity contribution in [2.75, 3.05) is 5.75 Å². The summed E-state index contributed by atoms with van der Waals surface area (Å²) in [5.74, 6) is -0.593. The van der Waals surface area contributed by atoms with Crippen LogP contribution in [0.25, 0.3) is 0 Å². The molecule has 0 aliphatic rings. The number of carbonyl (C=O) groups excluding carboxylic acids is 1. The molecule has 6 heteroatoms. The lowest BCUT2D eigenvalue weighted by Crippen LogP contribution is -2.40. The van der Waals surface area contributed by atoms with Crippen molar-refractivity contribution in [3.8, 4) is 0 Å². The third-order valence-corrected chi connectivity index (χ3v) is 3.69. The fourth-order valence-electron chi connectivity index (χ4n) is 0.950. The minimum Gasteiger partial charge on any atom is -0.368 e. The summed E-state index contributed by atoms with van der Waals surface area (Å²) >= 11 is 3.27. The van der Waals surface area contributed by atoms with Crippen LogP contribution < -0.4 is 11.5 Å². The van der Waals surface area contributed by atoms with Gasteiger partial charge in [0.15, 0.2) is 0 Å². The van der Waals surface area contributed by atoms with Crippen LogP contribution in [0.5, 0.6) is 0 Å². The first kappa shape index (κ1) is 12.4. The molecule has 1 amide bonds. The molecule has 0 aliphatic heterocycles. The Morgan fingerprint density at radius 3 is 2.73 bits per heavy atom. The van der Waals surface area contributed by atoms with Crippen LogP contribution in [-0.2, 0) is 15.6 Å². The van der Waals surface area contributed by atoms with E-state index in [-0.39, 0.29) is 5.75 Å². The molecule has 0 bridgehead atoms. The van der Waals surface area contributed by atoms with Gasteiger partial charge in [0.05, 0.1) is 22.6 Å². The molecule has 4 N–H and O–H groups in total. The van der Waals surface area contributed by atoms with Gasteiger partial charge >= 0.3 is 0 Å². The van der Waals surface area contributed by atoms with Crippen LogP contribution in [0, 0.1) is 0 Å². The van der Waals surface area contributed by atoms with Gasteiger partial charge in [0.2, 0.25) is 5.91 Å². The highest BCUT2D eigenvalue weighted by Crippen LogP contribution is 2.15. The molecule has 82 valence electrons. The van der Waals surface area contributed by atoms with Gasteiger partial charge in [-0.2, -0.15) is 0 Å². The summed E-state index contributed by atoms with van der Waals surface area (Å²) < 4.78 is 12.5. The van der Waals surface area contributed by atoms with Crippen LogP contribution in [-0.4, -0.2) is 21.9 Å². The van der Waals surface area contributed by atoms with Crippen molar-refractivity contribution in [3.63, 3.8) is 0 Å². The highest BCUT2D eigenvalue weighted by atomic mass is 79.9. The number of carbonyl (C=O) groups is 1. The van der Waals surface area contributed by atoms with Gasteiger partial charge in [0, 0.05) is 9.37 Å². The largest absolute Gasteiger partial charge is 0.368 e. The predicted molar refractivity (Wildman–Crippen MR) is 62.6 cm³/mol. The second kappa shape index (κ2) is 5.39. The topological polar surface area (TPSA) is 86.2 Å². The Morgan fingerprint density at radius 1 is 1.53 bits per heavy atom. The molecule has 1 rings (SSSR count). The van der Waals surface area contributed by atoms with E-state index in [1.807, 2.05) is 6.07 Å². The van der Waals surface area contributed by atoms with E-state index in [2.05, 4.69) is 15.9 Å². The Balaban J connectivity index is 2.73. The fourth-order valence-corrected chi connectivity index (χ4v) is 2.67. The summed E-state index contributed by atoms with van der Waals surface area (Å²) in [6, 6.07) is 6.17. The van der Waals surface area contributed by atoms with Crippen molar-refractivity contribution in [2.45, 2.75) is 10.9 Å². The molecule has 0 fully saturated rings. The lowest BCUT2D eigenvalue weighted by atomic mass is 10.3. The molecule has 1 aromatic rings. The number of hydrogen-bond acceptors (Lipinski definition) is 3. The van der Waals surface area contributed by atoms with Crippen molar-refractivity contribution in [2.24, 2.45) is 11.5 Å². The Hall–Kier alpha value is -0.720. The first-order chi connectivity index (χ1) is 7.00. The maximum Gasteiger partial charge on any atom is 0.235 e. The van der Waals surface area contributed by atoms with Crippen molar-refractivity contribution in [1.29, 1.82) is 0 Å².